The lowest BCUT2D eigenvalue weighted by Gasteiger charge is -2.42. The highest BCUT2D eigenvalue weighted by molar-refractivity contribution is 5.63. The van der Waals surface area contributed by atoms with Crippen molar-refractivity contribution in [3.05, 3.63) is 41.5 Å². The molecule has 3 rings (SSSR count). The minimum absolute atomic E-state index is 0.122. The zero-order chi connectivity index (χ0) is 18.5. The van der Waals surface area contributed by atoms with E-state index in [1.54, 1.807) is 6.20 Å². The summed E-state index contributed by atoms with van der Waals surface area (Å²) < 4.78 is 10.9. The summed E-state index contributed by atoms with van der Waals surface area (Å²) in [6.07, 6.45) is 2.33. The van der Waals surface area contributed by atoms with Crippen molar-refractivity contribution in [1.29, 1.82) is 5.26 Å². The van der Waals surface area contributed by atoms with Crippen LogP contribution >= 0.6 is 0 Å². The number of aliphatic hydroxyl groups excluding tert-OH is 1. The number of nitriles is 1. The Kier molecular flexibility index (Phi) is 5.76. The second-order valence-electron chi connectivity index (χ2n) is 6.42. The van der Waals surface area contributed by atoms with Crippen molar-refractivity contribution >= 4 is 5.69 Å². The third kappa shape index (κ3) is 3.82. The minimum Gasteiger partial charge on any atom is -0.480 e. The SMILES string of the molecule is COc1nccc(N2CCN(Cc3ccc(C)o3)[C@@H](CCO)C2)c1C#N. The molecule has 2 aromatic heterocycles. The normalized spacial score (nSPS) is 17.9. The van der Waals surface area contributed by atoms with Crippen LogP contribution in [-0.4, -0.2) is 54.4 Å². The Morgan fingerprint density at radius 1 is 1.38 bits per heavy atom. The first-order chi connectivity index (χ1) is 12.7. The van der Waals surface area contributed by atoms with Crippen molar-refractivity contribution < 1.29 is 14.3 Å². The first-order valence-corrected chi connectivity index (χ1v) is 8.74. The van der Waals surface area contributed by atoms with Crippen molar-refractivity contribution in [2.45, 2.75) is 25.9 Å². The van der Waals surface area contributed by atoms with Crippen LogP contribution < -0.4 is 9.64 Å². The minimum atomic E-state index is 0.122. The van der Waals surface area contributed by atoms with Gasteiger partial charge >= 0.3 is 0 Å². The lowest BCUT2D eigenvalue weighted by atomic mass is 10.1. The van der Waals surface area contributed by atoms with E-state index in [1.807, 2.05) is 25.1 Å². The molecule has 1 fully saturated rings. The lowest BCUT2D eigenvalue weighted by Crippen LogP contribution is -2.53. The number of rotatable bonds is 6. The predicted molar refractivity (Wildman–Crippen MR) is 97.1 cm³/mol. The number of methoxy groups -OCH3 is 1. The van der Waals surface area contributed by atoms with Crippen LogP contribution in [0.3, 0.4) is 0 Å². The first kappa shape index (κ1) is 18.2. The van der Waals surface area contributed by atoms with Gasteiger partial charge in [-0.25, -0.2) is 4.98 Å². The van der Waals surface area contributed by atoms with Crippen LogP contribution in [0.2, 0.25) is 0 Å². The van der Waals surface area contributed by atoms with E-state index in [1.165, 1.54) is 7.11 Å². The Labute approximate surface area is 153 Å². The molecule has 7 nitrogen and oxygen atoms in total. The van der Waals surface area contributed by atoms with Crippen LogP contribution in [0.25, 0.3) is 0 Å². The van der Waals surface area contributed by atoms with E-state index >= 15 is 0 Å². The molecule has 1 N–H and O–H groups in total. The van der Waals surface area contributed by atoms with Crippen LogP contribution in [0.1, 0.15) is 23.5 Å². The number of nitrogens with zero attached hydrogens (tertiary/aromatic N) is 4. The van der Waals surface area contributed by atoms with Crippen LogP contribution in [0.4, 0.5) is 5.69 Å². The molecule has 26 heavy (non-hydrogen) atoms. The van der Waals surface area contributed by atoms with E-state index in [4.69, 9.17) is 9.15 Å². The Bertz CT molecular complexity index is 783. The molecule has 3 heterocycles. The number of anilines is 1. The number of hydrogen-bond acceptors (Lipinski definition) is 7. The molecule has 2 aromatic rings. The van der Waals surface area contributed by atoms with Gasteiger partial charge in [-0.1, -0.05) is 0 Å². The highest BCUT2D eigenvalue weighted by Crippen LogP contribution is 2.29. The molecule has 0 aromatic carbocycles. The standard InChI is InChI=1S/C19H24N4O3/c1-14-3-4-16(26-14)13-22-8-9-23(12-15(22)6-10-24)18-5-7-21-19(25-2)17(18)11-20/h3-5,7,15,24H,6,8-10,12-13H2,1-2H3/t15-/m0/s1. The van der Waals surface area contributed by atoms with Crippen molar-refractivity contribution in [3.63, 3.8) is 0 Å². The van der Waals surface area contributed by atoms with Crippen molar-refractivity contribution in [1.82, 2.24) is 9.88 Å². The maximum atomic E-state index is 9.52. The number of piperazine rings is 1. The average molecular weight is 356 g/mol. The van der Waals surface area contributed by atoms with Gasteiger partial charge in [0.1, 0.15) is 23.2 Å². The van der Waals surface area contributed by atoms with Gasteiger partial charge in [0.05, 0.1) is 19.3 Å². The fourth-order valence-electron chi connectivity index (χ4n) is 3.47. The van der Waals surface area contributed by atoms with E-state index < -0.39 is 0 Å². The molecule has 0 unspecified atom stereocenters. The number of hydrogen-bond donors (Lipinski definition) is 1. The number of aliphatic hydroxyl groups is 1. The molecule has 0 radical (unpaired) electrons. The summed E-state index contributed by atoms with van der Waals surface area (Å²) in [6.45, 7) is 5.10. The number of pyridine rings is 1. The molecule has 1 atom stereocenters. The molecule has 0 bridgehead atoms. The topological polar surface area (TPSA) is 85.8 Å². The summed E-state index contributed by atoms with van der Waals surface area (Å²) in [4.78, 5) is 8.62. The van der Waals surface area contributed by atoms with Gasteiger partial charge in [-0.3, -0.25) is 4.90 Å². The molecule has 1 aliphatic heterocycles. The Balaban J connectivity index is 1.78. The van der Waals surface area contributed by atoms with Crippen LogP contribution in [0, 0.1) is 18.3 Å². The Morgan fingerprint density at radius 2 is 2.23 bits per heavy atom. The number of aromatic nitrogens is 1. The Morgan fingerprint density at radius 3 is 2.88 bits per heavy atom. The van der Waals surface area contributed by atoms with E-state index in [9.17, 15) is 10.4 Å². The molecule has 1 aliphatic rings. The van der Waals surface area contributed by atoms with Gasteiger partial charge in [0.15, 0.2) is 0 Å². The molecular formula is C19H24N4O3. The second-order valence-corrected chi connectivity index (χ2v) is 6.42. The fraction of sp³-hybridized carbons (Fsp3) is 0.474. The zero-order valence-electron chi connectivity index (χ0n) is 15.2. The molecular weight excluding hydrogens is 332 g/mol. The first-order valence-electron chi connectivity index (χ1n) is 8.74. The maximum Gasteiger partial charge on any atom is 0.233 e. The molecule has 0 amide bonds. The number of furan rings is 1. The number of ether oxygens (including phenoxy) is 1. The van der Waals surface area contributed by atoms with E-state index in [-0.39, 0.29) is 12.6 Å². The van der Waals surface area contributed by atoms with Gasteiger partial charge in [-0.15, -0.1) is 0 Å². The van der Waals surface area contributed by atoms with Gasteiger partial charge in [-0.05, 0) is 31.5 Å². The van der Waals surface area contributed by atoms with E-state index in [2.05, 4.69) is 20.9 Å². The summed E-state index contributed by atoms with van der Waals surface area (Å²) in [5.74, 6) is 2.18. The second kappa shape index (κ2) is 8.21. The molecule has 7 heteroatoms. The zero-order valence-corrected chi connectivity index (χ0v) is 15.2. The van der Waals surface area contributed by atoms with Crippen LogP contribution in [0.15, 0.2) is 28.8 Å². The maximum absolute atomic E-state index is 9.52. The van der Waals surface area contributed by atoms with Gasteiger partial charge in [0, 0.05) is 38.5 Å². The number of aryl methyl sites for hydroxylation is 1. The monoisotopic (exact) mass is 356 g/mol. The molecule has 138 valence electrons. The average Bonchev–Trinajstić information content (AvgIpc) is 3.07. The predicted octanol–water partition coefficient (Wildman–Crippen LogP) is 1.94. The highest BCUT2D eigenvalue weighted by Gasteiger charge is 2.29. The molecule has 0 saturated carbocycles. The summed E-state index contributed by atoms with van der Waals surface area (Å²) in [5.41, 5.74) is 1.28. The van der Waals surface area contributed by atoms with Crippen molar-refractivity contribution in [2.75, 3.05) is 38.3 Å². The van der Waals surface area contributed by atoms with Crippen molar-refractivity contribution in [2.24, 2.45) is 0 Å². The summed E-state index contributed by atoms with van der Waals surface area (Å²) in [5, 5.41) is 19.0. The molecule has 0 aliphatic carbocycles. The van der Waals surface area contributed by atoms with E-state index in [0.717, 1.165) is 43.4 Å². The summed E-state index contributed by atoms with van der Waals surface area (Å²) in [7, 11) is 1.52. The van der Waals surface area contributed by atoms with Gasteiger partial charge < -0.3 is 19.2 Å². The Hall–Kier alpha value is -2.56. The van der Waals surface area contributed by atoms with Gasteiger partial charge in [0.25, 0.3) is 0 Å². The van der Waals surface area contributed by atoms with Gasteiger partial charge in [0.2, 0.25) is 5.88 Å². The van der Waals surface area contributed by atoms with Crippen molar-refractivity contribution in [3.8, 4) is 11.9 Å². The largest absolute Gasteiger partial charge is 0.480 e. The summed E-state index contributed by atoms with van der Waals surface area (Å²) >= 11 is 0. The smallest absolute Gasteiger partial charge is 0.233 e. The highest BCUT2D eigenvalue weighted by atomic mass is 16.5. The quantitative estimate of drug-likeness (QED) is 0.846. The lowest BCUT2D eigenvalue weighted by molar-refractivity contribution is 0.127. The molecule has 1 saturated heterocycles. The van der Waals surface area contributed by atoms with Crippen LogP contribution in [-0.2, 0) is 6.54 Å². The molecule has 0 spiro atoms. The van der Waals surface area contributed by atoms with Gasteiger partial charge in [-0.2, -0.15) is 5.26 Å². The third-order valence-electron chi connectivity index (χ3n) is 4.76. The van der Waals surface area contributed by atoms with E-state index in [0.29, 0.717) is 17.9 Å². The third-order valence-corrected chi connectivity index (χ3v) is 4.76. The fourth-order valence-corrected chi connectivity index (χ4v) is 3.47. The van der Waals surface area contributed by atoms with Crippen LogP contribution in [0.5, 0.6) is 5.88 Å². The summed E-state index contributed by atoms with van der Waals surface area (Å²) in [6, 6.07) is 8.19.